The van der Waals surface area contributed by atoms with Crippen LogP contribution in [0.5, 0.6) is 0 Å². The second kappa shape index (κ2) is 3.03. The summed E-state index contributed by atoms with van der Waals surface area (Å²) in [5.41, 5.74) is 7.73. The van der Waals surface area contributed by atoms with Gasteiger partial charge >= 0.3 is 0 Å². The molecule has 0 saturated heterocycles. The Morgan fingerprint density at radius 1 is 1.23 bits per heavy atom. The average molecular weight is 199 g/mol. The highest BCUT2D eigenvalue weighted by atomic mass is 32.2. The van der Waals surface area contributed by atoms with Gasteiger partial charge in [-0.15, -0.1) is 0 Å². The van der Waals surface area contributed by atoms with Crippen LogP contribution in [0, 0.1) is 13.8 Å². The molecule has 2 N–H and O–H groups in total. The lowest BCUT2D eigenvalue weighted by Gasteiger charge is -2.07. The van der Waals surface area contributed by atoms with Crippen molar-refractivity contribution in [1.82, 2.24) is 0 Å². The van der Waals surface area contributed by atoms with Gasteiger partial charge in [-0.25, -0.2) is 8.42 Å². The van der Waals surface area contributed by atoms with Gasteiger partial charge in [0.15, 0.2) is 9.84 Å². The molecule has 0 amide bonds. The van der Waals surface area contributed by atoms with Crippen molar-refractivity contribution < 1.29 is 8.42 Å². The molecule has 0 aliphatic heterocycles. The molecule has 0 bridgehead atoms. The highest BCUT2D eigenvalue weighted by molar-refractivity contribution is 7.90. The molecule has 1 rings (SSSR count). The Labute approximate surface area is 78.5 Å². The van der Waals surface area contributed by atoms with Crippen molar-refractivity contribution in [2.45, 2.75) is 18.7 Å². The monoisotopic (exact) mass is 199 g/mol. The lowest BCUT2D eigenvalue weighted by atomic mass is 10.1. The van der Waals surface area contributed by atoms with E-state index in [9.17, 15) is 8.42 Å². The molecular formula is C9H13NO2S. The molecule has 0 atom stereocenters. The van der Waals surface area contributed by atoms with E-state index in [1.807, 2.05) is 13.0 Å². The molecule has 0 aliphatic rings. The molecule has 4 heteroatoms. The molecule has 0 radical (unpaired) electrons. The van der Waals surface area contributed by atoms with Crippen molar-refractivity contribution in [3.8, 4) is 0 Å². The van der Waals surface area contributed by atoms with Gasteiger partial charge in [0, 0.05) is 6.26 Å². The number of rotatable bonds is 1. The Balaban J connectivity index is 3.56. The Hall–Kier alpha value is -1.03. The van der Waals surface area contributed by atoms with Gasteiger partial charge in [0.1, 0.15) is 0 Å². The summed E-state index contributed by atoms with van der Waals surface area (Å²) in [7, 11) is -3.20. The second-order valence-electron chi connectivity index (χ2n) is 3.27. The number of benzene rings is 1. The van der Waals surface area contributed by atoms with E-state index in [-0.39, 0.29) is 4.90 Å². The molecule has 0 aromatic heterocycles. The largest absolute Gasteiger partial charge is 0.397 e. The van der Waals surface area contributed by atoms with Crippen LogP contribution in [-0.2, 0) is 9.84 Å². The van der Waals surface area contributed by atoms with E-state index in [1.165, 1.54) is 0 Å². The van der Waals surface area contributed by atoms with Gasteiger partial charge < -0.3 is 5.73 Å². The minimum atomic E-state index is -3.20. The summed E-state index contributed by atoms with van der Waals surface area (Å²) in [4.78, 5) is 0.227. The van der Waals surface area contributed by atoms with Gasteiger partial charge in [0.05, 0.1) is 10.6 Å². The molecule has 72 valence electrons. The van der Waals surface area contributed by atoms with Crippen LogP contribution in [0.1, 0.15) is 11.1 Å². The molecule has 0 fully saturated rings. The summed E-state index contributed by atoms with van der Waals surface area (Å²) in [6.45, 7) is 3.65. The highest BCUT2D eigenvalue weighted by Gasteiger charge is 2.13. The molecule has 1 aromatic rings. The van der Waals surface area contributed by atoms with Crippen LogP contribution in [0.15, 0.2) is 17.0 Å². The van der Waals surface area contributed by atoms with Crippen LogP contribution in [0.2, 0.25) is 0 Å². The molecule has 1 aromatic carbocycles. The number of anilines is 1. The lowest BCUT2D eigenvalue weighted by Crippen LogP contribution is -2.04. The van der Waals surface area contributed by atoms with Crippen molar-refractivity contribution >= 4 is 15.5 Å². The molecule has 0 aliphatic carbocycles. The highest BCUT2D eigenvalue weighted by Crippen LogP contribution is 2.23. The van der Waals surface area contributed by atoms with E-state index in [4.69, 9.17) is 5.73 Å². The molecule has 13 heavy (non-hydrogen) atoms. The Morgan fingerprint density at radius 2 is 1.77 bits per heavy atom. The first-order valence-corrected chi connectivity index (χ1v) is 5.78. The minimum Gasteiger partial charge on any atom is -0.397 e. The summed E-state index contributed by atoms with van der Waals surface area (Å²) >= 11 is 0. The zero-order valence-corrected chi connectivity index (χ0v) is 8.77. The van der Waals surface area contributed by atoms with E-state index in [0.717, 1.165) is 17.4 Å². The quantitative estimate of drug-likeness (QED) is 0.693. The van der Waals surface area contributed by atoms with Crippen LogP contribution in [0.4, 0.5) is 5.69 Å². The zero-order valence-electron chi connectivity index (χ0n) is 7.96. The molecule has 0 saturated carbocycles. The third-order valence-electron chi connectivity index (χ3n) is 1.89. The van der Waals surface area contributed by atoms with E-state index >= 15 is 0 Å². The minimum absolute atomic E-state index is 0.227. The summed E-state index contributed by atoms with van der Waals surface area (Å²) in [6.07, 6.45) is 1.16. The maximum absolute atomic E-state index is 11.3. The zero-order chi connectivity index (χ0) is 10.2. The first-order chi connectivity index (χ1) is 5.82. The van der Waals surface area contributed by atoms with E-state index in [2.05, 4.69) is 0 Å². The fourth-order valence-corrected chi connectivity index (χ4v) is 2.21. The number of nitrogen functional groups attached to an aromatic ring is 1. The van der Waals surface area contributed by atoms with Gasteiger partial charge in [-0.05, 0) is 31.0 Å². The molecule has 0 spiro atoms. The van der Waals surface area contributed by atoms with Crippen molar-refractivity contribution in [3.63, 3.8) is 0 Å². The van der Waals surface area contributed by atoms with Gasteiger partial charge in [-0.3, -0.25) is 0 Å². The first-order valence-electron chi connectivity index (χ1n) is 3.89. The van der Waals surface area contributed by atoms with E-state index in [1.54, 1.807) is 13.0 Å². The predicted octanol–water partition coefficient (Wildman–Crippen LogP) is 1.29. The fraction of sp³-hybridized carbons (Fsp3) is 0.333. The second-order valence-corrected chi connectivity index (χ2v) is 5.25. The topological polar surface area (TPSA) is 60.2 Å². The summed E-state index contributed by atoms with van der Waals surface area (Å²) < 4.78 is 22.6. The maximum Gasteiger partial charge on any atom is 0.177 e. The van der Waals surface area contributed by atoms with Gasteiger partial charge in [-0.1, -0.05) is 6.07 Å². The Kier molecular flexibility index (Phi) is 2.34. The summed E-state index contributed by atoms with van der Waals surface area (Å²) in [5.74, 6) is 0. The van der Waals surface area contributed by atoms with Crippen molar-refractivity contribution in [2.24, 2.45) is 0 Å². The van der Waals surface area contributed by atoms with Gasteiger partial charge in [0.25, 0.3) is 0 Å². The summed E-state index contributed by atoms with van der Waals surface area (Å²) in [6, 6.07) is 3.46. The molecular weight excluding hydrogens is 186 g/mol. The average Bonchev–Trinajstić information content (AvgIpc) is 1.94. The first kappa shape index (κ1) is 10.1. The molecule has 0 unspecified atom stereocenters. The third kappa shape index (κ3) is 2.01. The predicted molar refractivity (Wildman–Crippen MR) is 53.4 cm³/mol. The van der Waals surface area contributed by atoms with Crippen LogP contribution in [0.3, 0.4) is 0 Å². The molecule has 0 heterocycles. The van der Waals surface area contributed by atoms with Crippen molar-refractivity contribution in [2.75, 3.05) is 12.0 Å². The third-order valence-corrected chi connectivity index (χ3v) is 3.03. The normalized spacial score (nSPS) is 11.6. The molecule has 3 nitrogen and oxygen atoms in total. The smallest absolute Gasteiger partial charge is 0.177 e. The number of sulfone groups is 1. The number of aryl methyl sites for hydroxylation is 2. The van der Waals surface area contributed by atoms with Crippen LogP contribution < -0.4 is 5.73 Å². The maximum atomic E-state index is 11.3. The number of nitrogens with two attached hydrogens (primary N) is 1. The SMILES string of the molecule is Cc1cc(C)c(N)c(S(C)(=O)=O)c1. The number of hydrogen-bond donors (Lipinski definition) is 1. The summed E-state index contributed by atoms with van der Waals surface area (Å²) in [5, 5.41) is 0. The van der Waals surface area contributed by atoms with Crippen molar-refractivity contribution in [3.05, 3.63) is 23.3 Å². The standard InChI is InChI=1S/C9H13NO2S/c1-6-4-7(2)9(10)8(5-6)13(3,11)12/h4-5H,10H2,1-3H3. The number of hydrogen-bond acceptors (Lipinski definition) is 3. The van der Waals surface area contributed by atoms with Crippen LogP contribution in [0.25, 0.3) is 0 Å². The van der Waals surface area contributed by atoms with Crippen LogP contribution in [-0.4, -0.2) is 14.7 Å². The Morgan fingerprint density at radius 3 is 2.23 bits per heavy atom. The fourth-order valence-electron chi connectivity index (χ4n) is 1.25. The van der Waals surface area contributed by atoms with Gasteiger partial charge in [-0.2, -0.15) is 0 Å². The lowest BCUT2D eigenvalue weighted by molar-refractivity contribution is 0.602. The van der Waals surface area contributed by atoms with Crippen LogP contribution >= 0.6 is 0 Å². The Bertz CT molecular complexity index is 435. The van der Waals surface area contributed by atoms with Gasteiger partial charge in [0.2, 0.25) is 0 Å². The van der Waals surface area contributed by atoms with E-state index in [0.29, 0.717) is 5.69 Å². The van der Waals surface area contributed by atoms with E-state index < -0.39 is 9.84 Å². The van der Waals surface area contributed by atoms with Crippen molar-refractivity contribution in [1.29, 1.82) is 0 Å².